The summed E-state index contributed by atoms with van der Waals surface area (Å²) in [6.07, 6.45) is -2.68. The number of H-pyrrole nitrogens is 1. The normalized spacial score (nSPS) is 11.8. The van der Waals surface area contributed by atoms with Crippen LogP contribution in [0, 0.1) is 18.6 Å². The molecule has 0 amide bonds. The van der Waals surface area contributed by atoms with E-state index in [4.69, 9.17) is 12.2 Å². The molecule has 2 aromatic rings. The molecule has 0 atom stereocenters. The molecular formula is C12H11F3N2S. The molecule has 0 aliphatic rings. The summed E-state index contributed by atoms with van der Waals surface area (Å²) in [5.41, 5.74) is 0.766. The summed E-state index contributed by atoms with van der Waals surface area (Å²) in [5.74, 6) is 0. The highest BCUT2D eigenvalue weighted by molar-refractivity contribution is 7.71. The number of aromatic nitrogens is 2. The van der Waals surface area contributed by atoms with E-state index in [1.807, 2.05) is 0 Å². The number of imidazole rings is 1. The number of hydrogen-bond donors (Lipinski definition) is 1. The fourth-order valence-electron chi connectivity index (χ4n) is 1.77. The Kier molecular flexibility index (Phi) is 3.06. The van der Waals surface area contributed by atoms with Crippen LogP contribution in [-0.2, 0) is 6.18 Å². The summed E-state index contributed by atoms with van der Waals surface area (Å²) >= 11 is 5.05. The van der Waals surface area contributed by atoms with Crippen molar-refractivity contribution in [2.24, 2.45) is 0 Å². The topological polar surface area (TPSA) is 20.7 Å². The molecule has 0 radical (unpaired) electrons. The van der Waals surface area contributed by atoms with E-state index in [2.05, 4.69) is 4.98 Å². The standard InChI is InChI=1S/C12H11F3N2S/c1-7-3-4-9(5-10(7)12(13,14)15)17-6-8(2)16-11(17)18/h3-6H,1-2H3,(H,16,18). The van der Waals surface area contributed by atoms with Gasteiger partial charge in [-0.05, 0) is 43.8 Å². The van der Waals surface area contributed by atoms with Gasteiger partial charge in [0, 0.05) is 17.6 Å². The van der Waals surface area contributed by atoms with Crippen LogP contribution in [0.25, 0.3) is 5.69 Å². The molecule has 96 valence electrons. The van der Waals surface area contributed by atoms with Crippen LogP contribution in [0.15, 0.2) is 24.4 Å². The maximum absolute atomic E-state index is 12.8. The van der Waals surface area contributed by atoms with Crippen molar-refractivity contribution >= 4 is 12.2 Å². The molecule has 0 saturated carbocycles. The number of rotatable bonds is 1. The number of hydrogen-bond acceptors (Lipinski definition) is 1. The molecule has 2 nitrogen and oxygen atoms in total. The molecule has 0 aliphatic carbocycles. The van der Waals surface area contributed by atoms with Crippen molar-refractivity contribution in [3.63, 3.8) is 0 Å². The van der Waals surface area contributed by atoms with Crippen LogP contribution >= 0.6 is 12.2 Å². The molecule has 1 aromatic carbocycles. The second-order valence-corrected chi connectivity index (χ2v) is 4.50. The third-order valence-corrected chi connectivity index (χ3v) is 2.95. The number of benzene rings is 1. The first-order chi connectivity index (χ1) is 8.29. The van der Waals surface area contributed by atoms with Gasteiger partial charge in [0.2, 0.25) is 0 Å². The van der Waals surface area contributed by atoms with Crippen molar-refractivity contribution < 1.29 is 13.2 Å². The Morgan fingerprint density at radius 3 is 2.39 bits per heavy atom. The average molecular weight is 272 g/mol. The highest BCUT2D eigenvalue weighted by Gasteiger charge is 2.32. The maximum atomic E-state index is 12.8. The first kappa shape index (κ1) is 12.9. The Labute approximate surface area is 107 Å². The zero-order valence-corrected chi connectivity index (χ0v) is 10.6. The van der Waals surface area contributed by atoms with Gasteiger partial charge in [0.25, 0.3) is 0 Å². The van der Waals surface area contributed by atoms with Crippen LogP contribution in [0.5, 0.6) is 0 Å². The van der Waals surface area contributed by atoms with Crippen molar-refractivity contribution in [2.75, 3.05) is 0 Å². The molecule has 0 spiro atoms. The van der Waals surface area contributed by atoms with Gasteiger partial charge >= 0.3 is 6.18 Å². The first-order valence-corrected chi connectivity index (χ1v) is 5.66. The average Bonchev–Trinajstić information content (AvgIpc) is 2.57. The SMILES string of the molecule is Cc1cn(-c2ccc(C)c(C(F)(F)F)c2)c(=S)[nH]1. The summed E-state index contributed by atoms with van der Waals surface area (Å²) in [4.78, 5) is 2.88. The van der Waals surface area contributed by atoms with Gasteiger partial charge in [0.05, 0.1) is 5.56 Å². The van der Waals surface area contributed by atoms with Crippen LogP contribution in [0.1, 0.15) is 16.8 Å². The molecule has 0 aliphatic heterocycles. The van der Waals surface area contributed by atoms with E-state index in [0.29, 0.717) is 10.5 Å². The molecule has 1 aromatic heterocycles. The van der Waals surface area contributed by atoms with Gasteiger partial charge in [-0.25, -0.2) is 0 Å². The van der Waals surface area contributed by atoms with E-state index >= 15 is 0 Å². The fourth-order valence-corrected chi connectivity index (χ4v) is 2.09. The monoisotopic (exact) mass is 272 g/mol. The number of aryl methyl sites for hydroxylation is 2. The summed E-state index contributed by atoms with van der Waals surface area (Å²) < 4.78 is 40.3. The maximum Gasteiger partial charge on any atom is 0.416 e. The first-order valence-electron chi connectivity index (χ1n) is 5.25. The van der Waals surface area contributed by atoms with E-state index in [1.165, 1.54) is 17.6 Å². The van der Waals surface area contributed by atoms with Crippen LogP contribution in [0.4, 0.5) is 13.2 Å². The highest BCUT2D eigenvalue weighted by atomic mass is 32.1. The smallest absolute Gasteiger partial charge is 0.335 e. The largest absolute Gasteiger partial charge is 0.416 e. The summed E-state index contributed by atoms with van der Waals surface area (Å²) in [6.45, 7) is 3.24. The van der Waals surface area contributed by atoms with Crippen molar-refractivity contribution in [2.45, 2.75) is 20.0 Å². The predicted octanol–water partition coefficient (Wildman–Crippen LogP) is 4.17. The van der Waals surface area contributed by atoms with Crippen LogP contribution in [-0.4, -0.2) is 9.55 Å². The fraction of sp³-hybridized carbons (Fsp3) is 0.250. The lowest BCUT2D eigenvalue weighted by molar-refractivity contribution is -0.138. The molecule has 0 fully saturated rings. The lowest BCUT2D eigenvalue weighted by atomic mass is 10.1. The van der Waals surface area contributed by atoms with Crippen molar-refractivity contribution in [3.05, 3.63) is 46.0 Å². The Morgan fingerprint density at radius 1 is 1.22 bits per heavy atom. The highest BCUT2D eigenvalue weighted by Crippen LogP contribution is 2.33. The van der Waals surface area contributed by atoms with E-state index in [0.717, 1.165) is 11.8 Å². The number of nitrogens with one attached hydrogen (secondary N) is 1. The molecule has 0 bridgehead atoms. The third-order valence-electron chi connectivity index (χ3n) is 2.65. The van der Waals surface area contributed by atoms with Crippen LogP contribution < -0.4 is 0 Å². The minimum Gasteiger partial charge on any atom is -0.335 e. The second-order valence-electron chi connectivity index (χ2n) is 4.11. The summed E-state index contributed by atoms with van der Waals surface area (Å²) in [6, 6.07) is 4.17. The van der Waals surface area contributed by atoms with Gasteiger partial charge < -0.3 is 4.98 Å². The lowest BCUT2D eigenvalue weighted by Gasteiger charge is -2.12. The molecule has 18 heavy (non-hydrogen) atoms. The molecule has 0 saturated heterocycles. The zero-order valence-electron chi connectivity index (χ0n) is 9.80. The van der Waals surface area contributed by atoms with Crippen LogP contribution in [0.2, 0.25) is 0 Å². The Hall–Kier alpha value is -1.56. The predicted molar refractivity (Wildman–Crippen MR) is 65.4 cm³/mol. The molecule has 1 heterocycles. The molecular weight excluding hydrogens is 261 g/mol. The number of halogens is 3. The molecule has 6 heteroatoms. The van der Waals surface area contributed by atoms with Gasteiger partial charge in [0.15, 0.2) is 4.77 Å². The third kappa shape index (κ3) is 2.33. The van der Waals surface area contributed by atoms with Gasteiger partial charge in [-0.2, -0.15) is 13.2 Å². The van der Waals surface area contributed by atoms with Gasteiger partial charge in [-0.15, -0.1) is 0 Å². The lowest BCUT2D eigenvalue weighted by Crippen LogP contribution is -2.08. The second kappa shape index (κ2) is 4.28. The Bertz CT molecular complexity index is 638. The van der Waals surface area contributed by atoms with Crippen LogP contribution in [0.3, 0.4) is 0 Å². The number of alkyl halides is 3. The Balaban J connectivity index is 2.61. The number of nitrogens with zero attached hydrogens (tertiary/aromatic N) is 1. The Morgan fingerprint density at radius 2 is 1.89 bits per heavy atom. The van der Waals surface area contributed by atoms with E-state index < -0.39 is 11.7 Å². The van der Waals surface area contributed by atoms with E-state index in [1.54, 1.807) is 19.2 Å². The van der Waals surface area contributed by atoms with Crippen molar-refractivity contribution in [1.29, 1.82) is 0 Å². The van der Waals surface area contributed by atoms with E-state index in [-0.39, 0.29) is 5.56 Å². The quantitative estimate of drug-likeness (QED) is 0.773. The minimum absolute atomic E-state index is 0.199. The van der Waals surface area contributed by atoms with Crippen molar-refractivity contribution in [3.8, 4) is 5.69 Å². The minimum atomic E-state index is -4.35. The zero-order chi connectivity index (χ0) is 13.5. The summed E-state index contributed by atoms with van der Waals surface area (Å²) in [7, 11) is 0. The number of aromatic amines is 1. The molecule has 0 unspecified atom stereocenters. The molecule has 2 rings (SSSR count). The molecule has 1 N–H and O–H groups in total. The van der Waals surface area contributed by atoms with Crippen molar-refractivity contribution in [1.82, 2.24) is 9.55 Å². The van der Waals surface area contributed by atoms with Gasteiger partial charge in [-0.1, -0.05) is 6.07 Å². The van der Waals surface area contributed by atoms with Gasteiger partial charge in [0.1, 0.15) is 0 Å². The summed E-state index contributed by atoms with van der Waals surface area (Å²) in [5, 5.41) is 0. The van der Waals surface area contributed by atoms with Gasteiger partial charge in [-0.3, -0.25) is 4.57 Å². The van der Waals surface area contributed by atoms with E-state index in [9.17, 15) is 13.2 Å².